The van der Waals surface area contributed by atoms with E-state index in [1.54, 1.807) is 12.7 Å². The fourth-order valence-electron chi connectivity index (χ4n) is 7.62. The Morgan fingerprint density at radius 2 is 2.04 bits per heavy atom. The second-order valence-electron chi connectivity index (χ2n) is 10.4. The van der Waals surface area contributed by atoms with Crippen molar-refractivity contribution in [3.63, 3.8) is 0 Å². The molecule has 0 heterocycles. The van der Waals surface area contributed by atoms with Crippen LogP contribution in [-0.2, 0) is 9.53 Å². The van der Waals surface area contributed by atoms with E-state index in [-0.39, 0.29) is 16.7 Å². The predicted octanol–water partition coefficient (Wildman–Crippen LogP) is 4.91. The van der Waals surface area contributed by atoms with Gasteiger partial charge < -0.3 is 9.84 Å². The molecule has 0 bridgehead atoms. The molecule has 0 amide bonds. The van der Waals surface area contributed by atoms with E-state index in [0.29, 0.717) is 35.5 Å². The highest BCUT2D eigenvalue weighted by Crippen LogP contribution is 2.66. The molecule has 4 aliphatic rings. The summed E-state index contributed by atoms with van der Waals surface area (Å²) >= 11 is 3.41. The second kappa shape index (κ2) is 6.95. The van der Waals surface area contributed by atoms with E-state index in [4.69, 9.17) is 4.74 Å². The Morgan fingerprint density at radius 1 is 1.26 bits per heavy atom. The van der Waals surface area contributed by atoms with Gasteiger partial charge in [0.1, 0.15) is 5.78 Å². The minimum Gasteiger partial charge on any atom is -0.387 e. The highest BCUT2D eigenvalue weighted by Gasteiger charge is 2.59. The van der Waals surface area contributed by atoms with Gasteiger partial charge in [-0.05, 0) is 80.0 Å². The molecule has 3 saturated carbocycles. The molecule has 4 heteroatoms. The summed E-state index contributed by atoms with van der Waals surface area (Å²) in [4.78, 5) is 12.6. The number of carbonyl (C=O) groups excluding carboxylic acids is 1. The molecule has 0 aromatic rings. The smallest absolute Gasteiger partial charge is 0.147 e. The van der Waals surface area contributed by atoms with Gasteiger partial charge in [0, 0.05) is 13.0 Å². The molecule has 0 aromatic heterocycles. The van der Waals surface area contributed by atoms with Crippen molar-refractivity contribution in [2.45, 2.75) is 70.8 Å². The summed E-state index contributed by atoms with van der Waals surface area (Å²) < 4.78 is 5.32. The van der Waals surface area contributed by atoms with E-state index < -0.39 is 5.60 Å². The number of ketones is 1. The fourth-order valence-corrected chi connectivity index (χ4v) is 8.01. The van der Waals surface area contributed by atoms with Crippen LogP contribution in [0.3, 0.4) is 0 Å². The number of ether oxygens (including phenoxy) is 1. The van der Waals surface area contributed by atoms with Gasteiger partial charge in [-0.1, -0.05) is 41.4 Å². The Bertz CT molecular complexity index is 646. The normalized spacial score (nSPS) is 49.0. The highest BCUT2D eigenvalue weighted by atomic mass is 79.9. The van der Waals surface area contributed by atoms with Gasteiger partial charge in [0.25, 0.3) is 0 Å². The number of hydrogen-bond donors (Lipinski definition) is 1. The van der Waals surface area contributed by atoms with Crippen LogP contribution in [-0.4, -0.2) is 35.5 Å². The molecule has 0 aliphatic heterocycles. The Balaban J connectivity index is 1.61. The molecule has 3 nitrogen and oxygen atoms in total. The highest BCUT2D eigenvalue weighted by molar-refractivity contribution is 9.09. The molecule has 0 radical (unpaired) electrons. The van der Waals surface area contributed by atoms with E-state index in [1.807, 2.05) is 0 Å². The maximum absolute atomic E-state index is 12.6. The second-order valence-corrected chi connectivity index (χ2v) is 10.9. The quantitative estimate of drug-likeness (QED) is 0.500. The number of aliphatic hydroxyl groups is 1. The van der Waals surface area contributed by atoms with E-state index in [1.165, 1.54) is 19.3 Å². The van der Waals surface area contributed by atoms with Crippen molar-refractivity contribution in [3.8, 4) is 0 Å². The van der Waals surface area contributed by atoms with Crippen molar-refractivity contribution in [1.29, 1.82) is 0 Å². The van der Waals surface area contributed by atoms with Gasteiger partial charge >= 0.3 is 0 Å². The van der Waals surface area contributed by atoms with E-state index >= 15 is 0 Å². The van der Waals surface area contributed by atoms with Gasteiger partial charge in [-0.15, -0.1) is 0 Å². The van der Waals surface area contributed by atoms with Gasteiger partial charge in [0.05, 0.1) is 17.5 Å². The van der Waals surface area contributed by atoms with Crippen molar-refractivity contribution in [3.05, 3.63) is 11.6 Å². The molecule has 7 atom stereocenters. The average molecular weight is 439 g/mol. The van der Waals surface area contributed by atoms with E-state index in [0.717, 1.165) is 32.1 Å². The minimum absolute atomic E-state index is 0.146. The first kappa shape index (κ1) is 20.1. The molecule has 1 unspecified atom stereocenters. The Kier molecular flexibility index (Phi) is 5.17. The Morgan fingerprint density at radius 3 is 2.74 bits per heavy atom. The number of hydrogen-bond acceptors (Lipinski definition) is 3. The predicted molar refractivity (Wildman–Crippen MR) is 111 cm³/mol. The third-order valence-corrected chi connectivity index (χ3v) is 9.67. The standard InChI is InChI=1S/C23H35BrO3/c1-21-10-11-23(26,14-27-3)12-15(21)4-5-16-17-6-7-19(20(25)13-24)22(17,2)9-8-18(16)21/h8,15-17,19,26H,4-7,9-14H2,1-3H3/t15?,16-,17-,19+,21-,22-,23+/m0/s1. The van der Waals surface area contributed by atoms with Crippen LogP contribution in [0.5, 0.6) is 0 Å². The van der Waals surface area contributed by atoms with Gasteiger partial charge in [0.2, 0.25) is 0 Å². The Labute approximate surface area is 172 Å². The summed E-state index contributed by atoms with van der Waals surface area (Å²) in [5.74, 6) is 2.48. The van der Waals surface area contributed by atoms with Crippen LogP contribution in [0.15, 0.2) is 11.6 Å². The number of allylic oxidation sites excluding steroid dienone is 2. The molecular formula is C23H35BrO3. The lowest BCUT2D eigenvalue weighted by Gasteiger charge is -2.58. The lowest BCUT2D eigenvalue weighted by atomic mass is 9.47. The zero-order chi connectivity index (χ0) is 19.4. The molecule has 4 rings (SSSR count). The number of carbonyl (C=O) groups is 1. The van der Waals surface area contributed by atoms with Gasteiger partial charge in [-0.3, -0.25) is 4.79 Å². The van der Waals surface area contributed by atoms with Gasteiger partial charge in [0.15, 0.2) is 0 Å². The molecule has 4 aliphatic carbocycles. The summed E-state index contributed by atoms with van der Waals surface area (Å²) in [7, 11) is 1.69. The summed E-state index contributed by atoms with van der Waals surface area (Å²) in [5, 5.41) is 11.4. The third-order valence-electron chi connectivity index (χ3n) is 9.11. The van der Waals surface area contributed by atoms with Crippen LogP contribution in [0, 0.1) is 34.5 Å². The van der Waals surface area contributed by atoms with Crippen molar-refractivity contribution in [2.24, 2.45) is 34.5 Å². The molecule has 0 saturated heterocycles. The van der Waals surface area contributed by atoms with Crippen LogP contribution in [0.2, 0.25) is 0 Å². The van der Waals surface area contributed by atoms with Crippen LogP contribution >= 0.6 is 15.9 Å². The molecular weight excluding hydrogens is 404 g/mol. The lowest BCUT2D eigenvalue weighted by Crippen LogP contribution is -2.52. The van der Waals surface area contributed by atoms with E-state index in [2.05, 4.69) is 35.9 Å². The molecule has 27 heavy (non-hydrogen) atoms. The number of Topliss-reactive ketones (excluding diaryl/α,β-unsaturated/α-hetero) is 1. The SMILES string of the molecule is COC[C@@]1(O)CC[C@]2(C)C3=CC[C@]4(C)[C@@H](C(=O)CBr)CC[C@H]4[C@@H]3CCC2C1. The largest absolute Gasteiger partial charge is 0.387 e. The van der Waals surface area contributed by atoms with Crippen LogP contribution < -0.4 is 0 Å². The maximum Gasteiger partial charge on any atom is 0.147 e. The summed E-state index contributed by atoms with van der Waals surface area (Å²) in [6.07, 6.45) is 11.1. The summed E-state index contributed by atoms with van der Waals surface area (Å²) in [6, 6.07) is 0. The monoisotopic (exact) mass is 438 g/mol. The number of rotatable bonds is 4. The van der Waals surface area contributed by atoms with Crippen LogP contribution in [0.1, 0.15) is 65.2 Å². The Hall–Kier alpha value is -0.190. The minimum atomic E-state index is -0.643. The number of alkyl halides is 1. The topological polar surface area (TPSA) is 46.5 Å². The van der Waals surface area contributed by atoms with Crippen LogP contribution in [0.25, 0.3) is 0 Å². The lowest BCUT2D eigenvalue weighted by molar-refractivity contribution is -0.125. The number of methoxy groups -OCH3 is 1. The maximum atomic E-state index is 12.6. The summed E-state index contributed by atoms with van der Waals surface area (Å²) in [6.45, 7) is 5.30. The molecule has 152 valence electrons. The van der Waals surface area contributed by atoms with Crippen molar-refractivity contribution in [2.75, 3.05) is 19.0 Å². The molecule has 0 spiro atoms. The van der Waals surface area contributed by atoms with Crippen molar-refractivity contribution in [1.82, 2.24) is 0 Å². The zero-order valence-electron chi connectivity index (χ0n) is 17.1. The van der Waals surface area contributed by atoms with Gasteiger partial charge in [-0.25, -0.2) is 0 Å². The van der Waals surface area contributed by atoms with Crippen molar-refractivity contribution < 1.29 is 14.6 Å². The molecule has 0 aromatic carbocycles. The van der Waals surface area contributed by atoms with Crippen LogP contribution in [0.4, 0.5) is 0 Å². The van der Waals surface area contributed by atoms with Crippen molar-refractivity contribution >= 4 is 21.7 Å². The first-order chi connectivity index (χ1) is 12.8. The average Bonchev–Trinajstić information content (AvgIpc) is 2.99. The molecule has 1 N–H and O–H groups in total. The fraction of sp³-hybridized carbons (Fsp3) is 0.870. The van der Waals surface area contributed by atoms with Gasteiger partial charge in [-0.2, -0.15) is 0 Å². The summed E-state index contributed by atoms with van der Waals surface area (Å²) in [5.41, 5.74) is 1.40. The first-order valence-corrected chi connectivity index (χ1v) is 11.9. The third kappa shape index (κ3) is 3.00. The zero-order valence-corrected chi connectivity index (χ0v) is 18.7. The first-order valence-electron chi connectivity index (χ1n) is 10.8. The molecule has 3 fully saturated rings. The number of fused-ring (bicyclic) bond motifs is 5. The van der Waals surface area contributed by atoms with E-state index in [9.17, 15) is 9.90 Å². The number of halogens is 1.